The fraction of sp³-hybridized carbons (Fsp3) is 0.154. The minimum atomic E-state index is -0.411. The molecular formula is C13H11FN4O. The lowest BCUT2D eigenvalue weighted by Gasteiger charge is -2.08. The Kier molecular flexibility index (Phi) is 2.45. The molecule has 0 bridgehead atoms. The van der Waals surface area contributed by atoms with E-state index in [4.69, 9.17) is 0 Å². The zero-order chi connectivity index (χ0) is 13.6. The Morgan fingerprint density at radius 2 is 1.95 bits per heavy atom. The molecule has 0 unspecified atom stereocenters. The summed E-state index contributed by atoms with van der Waals surface area (Å²) in [5, 5.41) is 0. The lowest BCUT2D eigenvalue weighted by molar-refractivity contribution is 0.628. The van der Waals surface area contributed by atoms with Gasteiger partial charge in [-0.05, 0) is 12.1 Å². The normalized spacial score (nSPS) is 11.1. The van der Waals surface area contributed by atoms with E-state index in [-0.39, 0.29) is 11.1 Å². The minimum absolute atomic E-state index is 0.282. The summed E-state index contributed by atoms with van der Waals surface area (Å²) in [6.07, 6.45) is 1.52. The smallest absolute Gasteiger partial charge is 0.281 e. The van der Waals surface area contributed by atoms with Crippen molar-refractivity contribution in [1.29, 1.82) is 0 Å². The summed E-state index contributed by atoms with van der Waals surface area (Å²) in [5.74, 6) is -0.120. The number of hydrogen-bond donors (Lipinski definition) is 0. The van der Waals surface area contributed by atoms with E-state index in [0.717, 1.165) is 0 Å². The molecule has 0 atom stereocenters. The second-order valence-corrected chi connectivity index (χ2v) is 4.31. The van der Waals surface area contributed by atoms with Gasteiger partial charge in [0.25, 0.3) is 5.56 Å². The van der Waals surface area contributed by atoms with Gasteiger partial charge in [0.15, 0.2) is 11.2 Å². The Morgan fingerprint density at radius 3 is 2.68 bits per heavy atom. The molecule has 0 radical (unpaired) electrons. The Morgan fingerprint density at radius 1 is 1.21 bits per heavy atom. The molecule has 2 aromatic heterocycles. The molecule has 3 rings (SSSR count). The van der Waals surface area contributed by atoms with Crippen LogP contribution in [-0.2, 0) is 14.1 Å². The van der Waals surface area contributed by atoms with E-state index in [1.54, 1.807) is 36.9 Å². The van der Waals surface area contributed by atoms with Crippen molar-refractivity contribution in [2.45, 2.75) is 0 Å². The van der Waals surface area contributed by atoms with E-state index in [2.05, 4.69) is 9.97 Å². The van der Waals surface area contributed by atoms with Crippen LogP contribution in [0.25, 0.3) is 22.6 Å². The standard InChI is InChI=1S/C13H11FN4O/c1-17-7-15-10-12(17)16-11(18(2)13(10)19)8-5-3-4-6-9(8)14/h3-7H,1-2H3. The second-order valence-electron chi connectivity index (χ2n) is 4.31. The molecule has 0 saturated heterocycles. The van der Waals surface area contributed by atoms with E-state index < -0.39 is 5.82 Å². The third-order valence-electron chi connectivity index (χ3n) is 3.06. The number of benzene rings is 1. The predicted molar refractivity (Wildman–Crippen MR) is 69.1 cm³/mol. The van der Waals surface area contributed by atoms with Crippen molar-refractivity contribution in [2.24, 2.45) is 14.1 Å². The molecule has 0 aliphatic rings. The van der Waals surface area contributed by atoms with Gasteiger partial charge in [0, 0.05) is 14.1 Å². The molecule has 6 heteroatoms. The molecular weight excluding hydrogens is 247 g/mol. The first kappa shape index (κ1) is 11.6. The molecule has 19 heavy (non-hydrogen) atoms. The van der Waals surface area contributed by atoms with Crippen LogP contribution < -0.4 is 5.56 Å². The number of halogens is 1. The highest BCUT2D eigenvalue weighted by Gasteiger charge is 2.15. The summed E-state index contributed by atoms with van der Waals surface area (Å²) in [7, 11) is 3.30. The van der Waals surface area contributed by atoms with Gasteiger partial charge in [-0.15, -0.1) is 0 Å². The van der Waals surface area contributed by atoms with Crippen LogP contribution in [0.15, 0.2) is 35.4 Å². The van der Waals surface area contributed by atoms with E-state index in [0.29, 0.717) is 17.0 Å². The SMILES string of the molecule is Cn1c(-c2ccccc2F)nc2c(ncn2C)c1=O. The van der Waals surface area contributed by atoms with Crippen LogP contribution in [0.1, 0.15) is 0 Å². The van der Waals surface area contributed by atoms with Gasteiger partial charge in [-0.1, -0.05) is 12.1 Å². The molecule has 0 amide bonds. The number of nitrogens with zero attached hydrogens (tertiary/aromatic N) is 4. The zero-order valence-corrected chi connectivity index (χ0v) is 10.5. The number of fused-ring (bicyclic) bond motifs is 1. The first-order valence-corrected chi connectivity index (χ1v) is 5.72. The number of aryl methyl sites for hydroxylation is 1. The highest BCUT2D eigenvalue weighted by Crippen LogP contribution is 2.20. The number of aromatic nitrogens is 4. The monoisotopic (exact) mass is 258 g/mol. The Balaban J connectivity index is 2.42. The van der Waals surface area contributed by atoms with Crippen molar-refractivity contribution in [2.75, 3.05) is 0 Å². The summed E-state index contributed by atoms with van der Waals surface area (Å²) >= 11 is 0. The Bertz CT molecular complexity index is 834. The largest absolute Gasteiger partial charge is 0.318 e. The molecule has 0 N–H and O–H groups in total. The van der Waals surface area contributed by atoms with Crippen molar-refractivity contribution in [1.82, 2.24) is 19.1 Å². The highest BCUT2D eigenvalue weighted by atomic mass is 19.1. The molecule has 3 aromatic rings. The van der Waals surface area contributed by atoms with Gasteiger partial charge in [0.1, 0.15) is 11.6 Å². The van der Waals surface area contributed by atoms with Gasteiger partial charge < -0.3 is 4.57 Å². The van der Waals surface area contributed by atoms with Crippen LogP contribution >= 0.6 is 0 Å². The summed E-state index contributed by atoms with van der Waals surface area (Å²) in [4.78, 5) is 20.5. The van der Waals surface area contributed by atoms with Crippen LogP contribution in [-0.4, -0.2) is 19.1 Å². The fourth-order valence-corrected chi connectivity index (χ4v) is 2.02. The maximum atomic E-state index is 13.8. The van der Waals surface area contributed by atoms with Crippen LogP contribution in [0.3, 0.4) is 0 Å². The third-order valence-corrected chi connectivity index (χ3v) is 3.06. The van der Waals surface area contributed by atoms with Gasteiger partial charge in [0.2, 0.25) is 0 Å². The molecule has 2 heterocycles. The Hall–Kier alpha value is -2.50. The number of hydrogen-bond acceptors (Lipinski definition) is 3. The van der Waals surface area contributed by atoms with Crippen molar-refractivity contribution in [3.8, 4) is 11.4 Å². The predicted octanol–water partition coefficient (Wildman–Crippen LogP) is 1.47. The average molecular weight is 258 g/mol. The fourth-order valence-electron chi connectivity index (χ4n) is 2.02. The first-order valence-electron chi connectivity index (χ1n) is 5.72. The maximum Gasteiger partial charge on any atom is 0.281 e. The molecule has 0 fully saturated rings. The van der Waals surface area contributed by atoms with E-state index >= 15 is 0 Å². The summed E-state index contributed by atoms with van der Waals surface area (Å²) in [6, 6.07) is 6.24. The number of rotatable bonds is 1. The van der Waals surface area contributed by atoms with Crippen molar-refractivity contribution >= 4 is 11.2 Å². The second kappa shape index (κ2) is 4.01. The van der Waals surface area contributed by atoms with Crippen molar-refractivity contribution in [3.63, 3.8) is 0 Å². The van der Waals surface area contributed by atoms with Gasteiger partial charge in [-0.3, -0.25) is 9.36 Å². The topological polar surface area (TPSA) is 52.7 Å². The summed E-state index contributed by atoms with van der Waals surface area (Å²) in [5.41, 5.74) is 0.737. The lowest BCUT2D eigenvalue weighted by atomic mass is 10.2. The highest BCUT2D eigenvalue weighted by molar-refractivity contribution is 5.73. The quantitative estimate of drug-likeness (QED) is 0.664. The minimum Gasteiger partial charge on any atom is -0.318 e. The van der Waals surface area contributed by atoms with E-state index in [9.17, 15) is 9.18 Å². The van der Waals surface area contributed by atoms with Crippen LogP contribution in [0.2, 0.25) is 0 Å². The first-order chi connectivity index (χ1) is 9.09. The van der Waals surface area contributed by atoms with Crippen molar-refractivity contribution in [3.05, 3.63) is 46.8 Å². The maximum absolute atomic E-state index is 13.8. The van der Waals surface area contributed by atoms with Crippen LogP contribution in [0.4, 0.5) is 4.39 Å². The number of imidazole rings is 1. The molecule has 0 aliphatic heterocycles. The van der Waals surface area contributed by atoms with Gasteiger partial charge in [-0.25, -0.2) is 14.4 Å². The van der Waals surface area contributed by atoms with E-state index in [1.807, 2.05) is 0 Å². The molecule has 96 valence electrons. The molecule has 1 aromatic carbocycles. The molecule has 0 saturated carbocycles. The third kappa shape index (κ3) is 1.64. The van der Waals surface area contributed by atoms with E-state index in [1.165, 1.54) is 17.0 Å². The lowest BCUT2D eigenvalue weighted by Crippen LogP contribution is -2.21. The van der Waals surface area contributed by atoms with Crippen LogP contribution in [0.5, 0.6) is 0 Å². The van der Waals surface area contributed by atoms with Gasteiger partial charge in [0.05, 0.1) is 11.9 Å². The zero-order valence-electron chi connectivity index (χ0n) is 10.5. The molecule has 0 spiro atoms. The summed E-state index contributed by atoms with van der Waals surface area (Å²) < 4.78 is 16.8. The Labute approximate surface area is 108 Å². The molecule has 0 aliphatic carbocycles. The summed E-state index contributed by atoms with van der Waals surface area (Å²) in [6.45, 7) is 0. The van der Waals surface area contributed by atoms with Crippen LogP contribution in [0, 0.1) is 5.82 Å². The van der Waals surface area contributed by atoms with Crippen molar-refractivity contribution < 1.29 is 4.39 Å². The van der Waals surface area contributed by atoms with Gasteiger partial charge >= 0.3 is 0 Å². The van der Waals surface area contributed by atoms with Gasteiger partial charge in [-0.2, -0.15) is 0 Å². The molecule has 5 nitrogen and oxygen atoms in total. The average Bonchev–Trinajstić information content (AvgIpc) is 2.77.